The molecule has 5 nitrogen and oxygen atoms in total. The largest absolute Gasteiger partial charge is 0.475 e. The van der Waals surface area contributed by atoms with E-state index < -0.39 is 0 Å². The van der Waals surface area contributed by atoms with Crippen LogP contribution in [0.25, 0.3) is 0 Å². The molecule has 3 rings (SSSR count). The molecule has 2 aliphatic rings. The SMILES string of the molecule is CC(C)Oc1cc(CN(C(=O)C2CCNCC2)C2CC2)ccn1.Cl. The summed E-state index contributed by atoms with van der Waals surface area (Å²) in [5, 5.41) is 3.33. The van der Waals surface area contributed by atoms with Gasteiger partial charge in [0.2, 0.25) is 11.8 Å². The number of aromatic nitrogens is 1. The maximum atomic E-state index is 12.9. The Labute approximate surface area is 150 Å². The molecule has 1 N–H and O–H groups in total. The van der Waals surface area contributed by atoms with E-state index in [1.807, 2.05) is 26.0 Å². The van der Waals surface area contributed by atoms with Gasteiger partial charge in [-0.15, -0.1) is 12.4 Å². The molecule has 2 fully saturated rings. The zero-order valence-corrected chi connectivity index (χ0v) is 15.3. The van der Waals surface area contributed by atoms with Gasteiger partial charge in [-0.25, -0.2) is 4.98 Å². The van der Waals surface area contributed by atoms with E-state index in [2.05, 4.69) is 15.2 Å². The van der Waals surface area contributed by atoms with Crippen molar-refractivity contribution in [1.29, 1.82) is 0 Å². The highest BCUT2D eigenvalue weighted by Crippen LogP contribution is 2.31. The van der Waals surface area contributed by atoms with Crippen LogP contribution in [-0.4, -0.2) is 41.0 Å². The molecule has 134 valence electrons. The number of ether oxygens (including phenoxy) is 1. The molecule has 1 saturated heterocycles. The van der Waals surface area contributed by atoms with Crippen LogP contribution < -0.4 is 10.1 Å². The van der Waals surface area contributed by atoms with Crippen molar-refractivity contribution in [3.05, 3.63) is 23.9 Å². The van der Waals surface area contributed by atoms with Gasteiger partial charge in [0.15, 0.2) is 0 Å². The van der Waals surface area contributed by atoms with Gasteiger partial charge >= 0.3 is 0 Å². The number of nitrogens with one attached hydrogen (secondary N) is 1. The highest BCUT2D eigenvalue weighted by atomic mass is 35.5. The average molecular weight is 354 g/mol. The van der Waals surface area contributed by atoms with Crippen LogP contribution in [0.2, 0.25) is 0 Å². The van der Waals surface area contributed by atoms with Gasteiger partial charge in [-0.3, -0.25) is 4.79 Å². The van der Waals surface area contributed by atoms with Crippen molar-refractivity contribution in [3.63, 3.8) is 0 Å². The van der Waals surface area contributed by atoms with E-state index in [0.717, 1.165) is 44.3 Å². The van der Waals surface area contributed by atoms with E-state index in [1.165, 1.54) is 0 Å². The minimum Gasteiger partial charge on any atom is -0.475 e. The molecule has 24 heavy (non-hydrogen) atoms. The van der Waals surface area contributed by atoms with E-state index in [9.17, 15) is 4.79 Å². The summed E-state index contributed by atoms with van der Waals surface area (Å²) < 4.78 is 5.67. The van der Waals surface area contributed by atoms with Gasteiger partial charge in [-0.2, -0.15) is 0 Å². The molecule has 2 heterocycles. The van der Waals surface area contributed by atoms with E-state index in [4.69, 9.17) is 4.74 Å². The van der Waals surface area contributed by atoms with Crippen LogP contribution in [0.1, 0.15) is 45.1 Å². The molecular formula is C18H28ClN3O2. The number of piperidine rings is 1. The second-order valence-electron chi connectivity index (χ2n) is 6.89. The predicted molar refractivity (Wildman–Crippen MR) is 96.4 cm³/mol. The second-order valence-corrected chi connectivity index (χ2v) is 6.89. The summed E-state index contributed by atoms with van der Waals surface area (Å²) in [7, 11) is 0. The maximum Gasteiger partial charge on any atom is 0.226 e. The van der Waals surface area contributed by atoms with Gasteiger partial charge in [-0.1, -0.05) is 0 Å². The summed E-state index contributed by atoms with van der Waals surface area (Å²) >= 11 is 0. The lowest BCUT2D eigenvalue weighted by Gasteiger charge is -2.30. The molecule has 1 saturated carbocycles. The zero-order chi connectivity index (χ0) is 16.2. The highest BCUT2D eigenvalue weighted by molar-refractivity contribution is 5.85. The smallest absolute Gasteiger partial charge is 0.226 e. The van der Waals surface area contributed by atoms with Crippen LogP contribution in [0.5, 0.6) is 5.88 Å². The minimum atomic E-state index is 0. The van der Waals surface area contributed by atoms with Gasteiger partial charge in [0, 0.05) is 30.8 Å². The summed E-state index contributed by atoms with van der Waals surface area (Å²) in [4.78, 5) is 19.2. The lowest BCUT2D eigenvalue weighted by Crippen LogP contribution is -2.41. The Hall–Kier alpha value is -1.33. The molecule has 0 bridgehead atoms. The average Bonchev–Trinajstić information content (AvgIpc) is 3.37. The number of pyridine rings is 1. The number of hydrogen-bond acceptors (Lipinski definition) is 4. The first-order chi connectivity index (χ1) is 11.1. The Kier molecular flexibility index (Phi) is 6.87. The molecule has 1 aromatic rings. The molecule has 6 heteroatoms. The summed E-state index contributed by atoms with van der Waals surface area (Å²) in [6, 6.07) is 4.38. The standard InChI is InChI=1S/C18H27N3O2.ClH/c1-13(2)23-17-11-14(5-10-20-17)12-21(16-3-4-16)18(22)15-6-8-19-9-7-15;/h5,10-11,13,15-16,19H,3-4,6-9,12H2,1-2H3;1H. The molecule has 0 aromatic carbocycles. The maximum absolute atomic E-state index is 12.9. The number of amides is 1. The van der Waals surface area contributed by atoms with Crippen LogP contribution in [0.3, 0.4) is 0 Å². The van der Waals surface area contributed by atoms with E-state index in [-0.39, 0.29) is 24.4 Å². The Bertz CT molecular complexity index is 543. The van der Waals surface area contributed by atoms with Crippen molar-refractivity contribution in [2.45, 2.75) is 58.2 Å². The van der Waals surface area contributed by atoms with Crippen molar-refractivity contribution in [2.24, 2.45) is 5.92 Å². The summed E-state index contributed by atoms with van der Waals surface area (Å²) in [6.07, 6.45) is 6.07. The van der Waals surface area contributed by atoms with E-state index >= 15 is 0 Å². The molecule has 1 amide bonds. The van der Waals surface area contributed by atoms with Gasteiger partial charge < -0.3 is 15.0 Å². The fourth-order valence-corrected chi connectivity index (χ4v) is 3.13. The minimum absolute atomic E-state index is 0. The number of halogens is 1. The lowest BCUT2D eigenvalue weighted by atomic mass is 9.96. The number of rotatable bonds is 6. The molecular weight excluding hydrogens is 326 g/mol. The van der Waals surface area contributed by atoms with Crippen molar-refractivity contribution in [2.75, 3.05) is 13.1 Å². The quantitative estimate of drug-likeness (QED) is 0.854. The van der Waals surface area contributed by atoms with Gasteiger partial charge in [0.1, 0.15) is 0 Å². The van der Waals surface area contributed by atoms with Crippen molar-refractivity contribution in [3.8, 4) is 5.88 Å². The normalized spacial score (nSPS) is 18.1. The molecule has 0 spiro atoms. The molecule has 0 atom stereocenters. The Morgan fingerprint density at radius 3 is 2.67 bits per heavy atom. The van der Waals surface area contributed by atoms with E-state index in [0.29, 0.717) is 24.4 Å². The van der Waals surface area contributed by atoms with E-state index in [1.54, 1.807) is 6.20 Å². The predicted octanol–water partition coefficient (Wildman–Crippen LogP) is 2.78. The first-order valence-corrected chi connectivity index (χ1v) is 8.76. The lowest BCUT2D eigenvalue weighted by molar-refractivity contribution is -0.137. The Morgan fingerprint density at radius 2 is 2.04 bits per heavy atom. The topological polar surface area (TPSA) is 54.5 Å². The Balaban J connectivity index is 0.00000208. The van der Waals surface area contributed by atoms with Crippen molar-refractivity contribution in [1.82, 2.24) is 15.2 Å². The second kappa shape index (κ2) is 8.67. The van der Waals surface area contributed by atoms with Gasteiger partial charge in [0.25, 0.3) is 0 Å². The van der Waals surface area contributed by atoms with Gasteiger partial charge in [0.05, 0.1) is 6.10 Å². The fraction of sp³-hybridized carbons (Fsp3) is 0.667. The zero-order valence-electron chi connectivity index (χ0n) is 14.5. The number of carbonyl (C=O) groups is 1. The third-order valence-corrected chi connectivity index (χ3v) is 4.47. The number of hydrogen-bond donors (Lipinski definition) is 1. The molecule has 1 aromatic heterocycles. The van der Waals surface area contributed by atoms with Crippen LogP contribution in [0.4, 0.5) is 0 Å². The van der Waals surface area contributed by atoms with Crippen molar-refractivity contribution >= 4 is 18.3 Å². The Morgan fingerprint density at radius 1 is 1.33 bits per heavy atom. The van der Waals surface area contributed by atoms with Crippen LogP contribution in [-0.2, 0) is 11.3 Å². The molecule has 0 radical (unpaired) electrons. The summed E-state index contributed by atoms with van der Waals surface area (Å²) in [6.45, 7) is 6.56. The number of nitrogens with zero attached hydrogens (tertiary/aromatic N) is 2. The third kappa shape index (κ3) is 5.08. The van der Waals surface area contributed by atoms with Crippen molar-refractivity contribution < 1.29 is 9.53 Å². The first-order valence-electron chi connectivity index (χ1n) is 8.76. The molecule has 1 aliphatic carbocycles. The first kappa shape index (κ1) is 19.0. The third-order valence-electron chi connectivity index (χ3n) is 4.47. The molecule has 0 unspecified atom stereocenters. The van der Waals surface area contributed by atoms with Gasteiger partial charge in [-0.05, 0) is 64.3 Å². The summed E-state index contributed by atoms with van der Waals surface area (Å²) in [5.41, 5.74) is 1.10. The summed E-state index contributed by atoms with van der Waals surface area (Å²) in [5.74, 6) is 1.16. The monoisotopic (exact) mass is 353 g/mol. The van der Waals surface area contributed by atoms with Crippen LogP contribution in [0.15, 0.2) is 18.3 Å². The highest BCUT2D eigenvalue weighted by Gasteiger charge is 2.36. The number of carbonyl (C=O) groups excluding carboxylic acids is 1. The van der Waals surface area contributed by atoms with Crippen LogP contribution >= 0.6 is 12.4 Å². The molecule has 1 aliphatic heterocycles. The fourth-order valence-electron chi connectivity index (χ4n) is 3.13. The van der Waals surface area contributed by atoms with Crippen LogP contribution in [0, 0.1) is 5.92 Å².